The molecule has 1 aliphatic rings. The van der Waals surface area contributed by atoms with Gasteiger partial charge in [-0.25, -0.2) is 9.98 Å². The van der Waals surface area contributed by atoms with Crippen molar-refractivity contribution in [2.45, 2.75) is 19.3 Å². The van der Waals surface area contributed by atoms with E-state index in [-0.39, 0.29) is 5.88 Å². The smallest absolute Gasteiger partial charge is 0.324 e. The van der Waals surface area contributed by atoms with Gasteiger partial charge in [0.25, 0.3) is 6.20 Å². The standard InChI is InChI=1S/C22H22N6O3S/c1-30-17-8-4-3-7-14(17)16-10-9-15-19(23)20(32-22(15)24-16)21(29)25-18-13-28(26-31-18)27-11-5-2-6-12-27/h3-4,7-10,13H,2,5-6,11-12H2,1H3,(H2-,23,25,26,29). The number of aliphatic imine (C=N–C) groups is 1. The number of pyridine rings is 1. The zero-order valence-electron chi connectivity index (χ0n) is 17.5. The Balaban J connectivity index is 1.46. The number of hydrogen-bond acceptors (Lipinski definition) is 9. The molecule has 9 nitrogen and oxygen atoms in total. The second-order valence-electron chi connectivity index (χ2n) is 7.49. The van der Waals surface area contributed by atoms with E-state index in [0.29, 0.717) is 20.8 Å². The highest BCUT2D eigenvalue weighted by molar-refractivity contribution is 7.21. The minimum Gasteiger partial charge on any atom is -0.857 e. The minimum atomic E-state index is -0.480. The van der Waals surface area contributed by atoms with Crippen molar-refractivity contribution in [2.75, 3.05) is 30.9 Å². The minimum absolute atomic E-state index is 0.139. The summed E-state index contributed by atoms with van der Waals surface area (Å²) in [6.07, 6.45) is 5.04. The molecule has 0 bridgehead atoms. The highest BCUT2D eigenvalue weighted by Gasteiger charge is 2.22. The van der Waals surface area contributed by atoms with E-state index in [9.17, 15) is 5.11 Å². The van der Waals surface area contributed by atoms with Gasteiger partial charge in [-0.15, -0.1) is 11.3 Å². The number of nitrogens with two attached hydrogens (primary N) is 1. The van der Waals surface area contributed by atoms with Crippen LogP contribution in [0.1, 0.15) is 24.1 Å². The first kappa shape index (κ1) is 20.3. The van der Waals surface area contributed by atoms with Crippen molar-refractivity contribution >= 4 is 39.0 Å². The monoisotopic (exact) mass is 450 g/mol. The second kappa shape index (κ2) is 8.46. The van der Waals surface area contributed by atoms with Crippen LogP contribution in [-0.2, 0) is 0 Å². The topological polar surface area (TPSA) is 117 Å². The fourth-order valence-corrected chi connectivity index (χ4v) is 4.79. The van der Waals surface area contributed by atoms with Crippen LogP contribution in [0.2, 0.25) is 0 Å². The first-order valence-corrected chi connectivity index (χ1v) is 11.2. The van der Waals surface area contributed by atoms with Gasteiger partial charge in [0.05, 0.1) is 41.2 Å². The van der Waals surface area contributed by atoms with E-state index in [4.69, 9.17) is 20.0 Å². The van der Waals surface area contributed by atoms with E-state index in [0.717, 1.165) is 42.9 Å². The third kappa shape index (κ3) is 3.73. The van der Waals surface area contributed by atoms with Crippen molar-refractivity contribution in [1.29, 1.82) is 0 Å². The zero-order valence-corrected chi connectivity index (χ0v) is 18.3. The van der Waals surface area contributed by atoms with E-state index in [1.54, 1.807) is 18.1 Å². The van der Waals surface area contributed by atoms with Crippen LogP contribution in [0.3, 0.4) is 0 Å². The summed E-state index contributed by atoms with van der Waals surface area (Å²) in [5.41, 5.74) is 8.23. The van der Waals surface area contributed by atoms with Crippen LogP contribution in [0.4, 0.5) is 11.6 Å². The van der Waals surface area contributed by atoms with Crippen molar-refractivity contribution in [3.63, 3.8) is 0 Å². The maximum Gasteiger partial charge on any atom is 0.324 e. The van der Waals surface area contributed by atoms with Crippen LogP contribution in [0, 0.1) is 0 Å². The Labute approximate surface area is 188 Å². The molecule has 1 fully saturated rings. The van der Waals surface area contributed by atoms with E-state index in [1.165, 1.54) is 17.8 Å². The summed E-state index contributed by atoms with van der Waals surface area (Å²) in [5.74, 6) is 0.383. The number of nitrogen functional groups attached to an aromatic ring is 1. The molecule has 164 valence electrons. The lowest BCUT2D eigenvalue weighted by Crippen LogP contribution is -2.60. The van der Waals surface area contributed by atoms with E-state index < -0.39 is 5.90 Å². The number of rotatable bonds is 5. The maximum absolute atomic E-state index is 12.9. The Morgan fingerprint density at radius 2 is 2.03 bits per heavy atom. The molecule has 0 atom stereocenters. The molecule has 0 radical (unpaired) electrons. The van der Waals surface area contributed by atoms with Gasteiger partial charge >= 0.3 is 5.88 Å². The first-order valence-electron chi connectivity index (χ1n) is 10.4. The molecular weight excluding hydrogens is 428 g/mol. The number of methoxy groups -OCH3 is 1. The third-order valence-corrected chi connectivity index (χ3v) is 6.55. The molecule has 5 rings (SSSR count). The van der Waals surface area contributed by atoms with Gasteiger partial charge in [-0.05, 0) is 43.5 Å². The molecule has 2 N–H and O–H groups in total. The molecule has 0 saturated carbocycles. The van der Waals surface area contributed by atoms with Crippen molar-refractivity contribution in [3.05, 3.63) is 47.5 Å². The number of piperidine rings is 1. The first-order chi connectivity index (χ1) is 15.6. The Hall–Kier alpha value is -3.66. The molecule has 4 heterocycles. The fourth-order valence-electron chi connectivity index (χ4n) is 3.81. The summed E-state index contributed by atoms with van der Waals surface area (Å²) in [6.45, 7) is 1.79. The lowest BCUT2D eigenvalue weighted by molar-refractivity contribution is -0.759. The molecule has 0 aliphatic carbocycles. The average molecular weight is 451 g/mol. The van der Waals surface area contributed by atoms with Gasteiger partial charge in [0, 0.05) is 16.8 Å². The van der Waals surface area contributed by atoms with Crippen LogP contribution in [-0.4, -0.2) is 36.4 Å². The van der Waals surface area contributed by atoms with Gasteiger partial charge in [-0.3, -0.25) is 4.52 Å². The number of nitrogens with zero attached hydrogens (tertiary/aromatic N) is 5. The van der Waals surface area contributed by atoms with Crippen molar-refractivity contribution in [1.82, 2.24) is 10.3 Å². The highest BCUT2D eigenvalue weighted by atomic mass is 32.1. The molecule has 0 unspecified atom stereocenters. The van der Waals surface area contributed by atoms with Crippen LogP contribution in [0.5, 0.6) is 5.75 Å². The van der Waals surface area contributed by atoms with Crippen molar-refractivity contribution in [2.24, 2.45) is 4.99 Å². The van der Waals surface area contributed by atoms with Crippen LogP contribution >= 0.6 is 11.3 Å². The number of fused-ring (bicyclic) bond motifs is 1. The number of aromatic nitrogens is 3. The Morgan fingerprint density at radius 1 is 1.22 bits per heavy atom. The normalized spacial score (nSPS) is 14.8. The Morgan fingerprint density at radius 3 is 2.84 bits per heavy atom. The van der Waals surface area contributed by atoms with Gasteiger partial charge in [0.1, 0.15) is 10.6 Å². The molecule has 4 aromatic rings. The van der Waals surface area contributed by atoms with Gasteiger partial charge in [-0.1, -0.05) is 12.1 Å². The SMILES string of the molecule is COc1ccccc1-c1ccc2c(N)c(/C([O-])=N/c3c[n+](N4CCCCC4)no3)sc2n1. The highest BCUT2D eigenvalue weighted by Crippen LogP contribution is 2.36. The molecular formula is C22H22N6O3S. The van der Waals surface area contributed by atoms with Gasteiger partial charge < -0.3 is 15.6 Å². The van der Waals surface area contributed by atoms with Crippen LogP contribution in [0.25, 0.3) is 21.5 Å². The fraction of sp³-hybridized carbons (Fsp3) is 0.273. The van der Waals surface area contributed by atoms with E-state index in [2.05, 4.69) is 15.3 Å². The van der Waals surface area contributed by atoms with Crippen LogP contribution < -0.4 is 25.4 Å². The van der Waals surface area contributed by atoms with Crippen molar-refractivity contribution < 1.29 is 19.2 Å². The molecule has 1 aromatic carbocycles. The molecule has 0 amide bonds. The molecule has 1 aliphatic heterocycles. The molecule has 10 heteroatoms. The number of ether oxygens (including phenoxy) is 1. The average Bonchev–Trinajstić information content (AvgIpc) is 3.44. The van der Waals surface area contributed by atoms with Gasteiger partial charge in [0.2, 0.25) is 5.27 Å². The molecule has 1 saturated heterocycles. The summed E-state index contributed by atoms with van der Waals surface area (Å²) < 4.78 is 10.7. The Bertz CT molecular complexity index is 1290. The third-order valence-electron chi connectivity index (χ3n) is 5.45. The number of para-hydroxylation sites is 1. The number of anilines is 1. The summed E-state index contributed by atoms with van der Waals surface area (Å²) >= 11 is 1.21. The molecule has 3 aromatic heterocycles. The van der Waals surface area contributed by atoms with Gasteiger partial charge in [-0.2, -0.15) is 5.01 Å². The maximum atomic E-state index is 12.9. The molecule has 0 spiro atoms. The zero-order chi connectivity index (χ0) is 22.1. The summed E-state index contributed by atoms with van der Waals surface area (Å²) in [5, 5.41) is 19.6. The predicted molar refractivity (Wildman–Crippen MR) is 121 cm³/mol. The number of hydrogen-bond donors (Lipinski definition) is 1. The summed E-state index contributed by atoms with van der Waals surface area (Å²) in [7, 11) is 1.62. The van der Waals surface area contributed by atoms with Crippen molar-refractivity contribution in [3.8, 4) is 17.0 Å². The quantitative estimate of drug-likeness (QED) is 0.282. The number of benzene rings is 1. The van der Waals surface area contributed by atoms with Crippen LogP contribution in [0.15, 0.2) is 52.1 Å². The largest absolute Gasteiger partial charge is 0.857 e. The van der Waals surface area contributed by atoms with Gasteiger partial charge in [0.15, 0.2) is 0 Å². The predicted octanol–water partition coefficient (Wildman–Crippen LogP) is 2.39. The number of thiophene rings is 1. The summed E-state index contributed by atoms with van der Waals surface area (Å²) in [6, 6.07) is 11.4. The second-order valence-corrected chi connectivity index (χ2v) is 8.49. The molecule has 32 heavy (non-hydrogen) atoms. The summed E-state index contributed by atoms with van der Waals surface area (Å²) in [4.78, 5) is 11.4. The lowest BCUT2D eigenvalue weighted by atomic mass is 10.1. The lowest BCUT2D eigenvalue weighted by Gasteiger charge is -2.17. The van der Waals surface area contributed by atoms with E-state index in [1.807, 2.05) is 36.4 Å². The Kier molecular flexibility index (Phi) is 5.36. The van der Waals surface area contributed by atoms with E-state index >= 15 is 0 Å².